The van der Waals surface area contributed by atoms with E-state index in [9.17, 15) is 9.18 Å². The summed E-state index contributed by atoms with van der Waals surface area (Å²) in [4.78, 5) is 13.5. The maximum atomic E-state index is 13.5. The Bertz CT molecular complexity index is 714. The summed E-state index contributed by atoms with van der Waals surface area (Å²) in [5, 5.41) is 2.65. The number of hydrogen-bond acceptors (Lipinski definition) is 2. The molecule has 2 aromatic rings. The Morgan fingerprint density at radius 2 is 2.05 bits per heavy atom. The highest BCUT2D eigenvalue weighted by atomic mass is 32.2. The van der Waals surface area contributed by atoms with Crippen molar-refractivity contribution in [3.05, 3.63) is 58.9 Å². The lowest BCUT2D eigenvalue weighted by molar-refractivity contribution is -0.115. The summed E-state index contributed by atoms with van der Waals surface area (Å²) >= 11 is 1.58. The van der Waals surface area contributed by atoms with Crippen LogP contribution in [0.25, 0.3) is 0 Å². The van der Waals surface area contributed by atoms with Crippen molar-refractivity contribution in [2.24, 2.45) is 0 Å². The number of amides is 1. The quantitative estimate of drug-likeness (QED) is 0.905. The van der Waals surface area contributed by atoms with Gasteiger partial charge in [-0.15, -0.1) is 11.8 Å². The fourth-order valence-corrected chi connectivity index (χ4v) is 3.67. The van der Waals surface area contributed by atoms with Gasteiger partial charge in [0.15, 0.2) is 0 Å². The van der Waals surface area contributed by atoms with Crippen molar-refractivity contribution in [2.75, 3.05) is 5.32 Å². The van der Waals surface area contributed by atoms with E-state index in [4.69, 9.17) is 0 Å². The first-order chi connectivity index (χ1) is 10.0. The lowest BCUT2D eigenvalue weighted by atomic mass is 10.1. The van der Waals surface area contributed by atoms with E-state index in [2.05, 4.69) is 23.5 Å². The van der Waals surface area contributed by atoms with Gasteiger partial charge in [0.05, 0.1) is 5.25 Å². The molecule has 1 N–H and O–H groups in total. The Morgan fingerprint density at radius 3 is 2.81 bits per heavy atom. The van der Waals surface area contributed by atoms with E-state index in [0.29, 0.717) is 11.3 Å². The van der Waals surface area contributed by atoms with Gasteiger partial charge in [0, 0.05) is 10.6 Å². The molecule has 2 nitrogen and oxygen atoms in total. The highest BCUT2D eigenvalue weighted by Gasteiger charge is 2.28. The molecule has 0 saturated heterocycles. The van der Waals surface area contributed by atoms with Crippen LogP contribution in [0.4, 0.5) is 10.1 Å². The zero-order valence-corrected chi connectivity index (χ0v) is 12.8. The van der Waals surface area contributed by atoms with E-state index in [1.807, 2.05) is 6.92 Å². The Hall–Kier alpha value is -1.81. The first kappa shape index (κ1) is 14.1. The fraction of sp³-hybridized carbons (Fsp3) is 0.235. The molecule has 1 atom stereocenters. The topological polar surface area (TPSA) is 29.1 Å². The van der Waals surface area contributed by atoms with Crippen LogP contribution in [-0.4, -0.2) is 11.2 Å². The largest absolute Gasteiger partial charge is 0.325 e. The molecule has 3 rings (SSSR count). The van der Waals surface area contributed by atoms with Crippen LogP contribution in [0.15, 0.2) is 41.3 Å². The number of rotatable bonds is 2. The number of nitrogens with one attached hydrogen (secondary N) is 1. The molecule has 0 radical (unpaired) electrons. The third-order valence-corrected chi connectivity index (χ3v) is 4.93. The van der Waals surface area contributed by atoms with Gasteiger partial charge in [-0.25, -0.2) is 4.39 Å². The standard InChI is InChI=1S/C17H16FNOS/c1-10-3-5-12-8-16(21-15(12)7-10)17(20)19-13-6-4-11(2)14(18)9-13/h3-7,9,16H,8H2,1-2H3,(H,19,20). The Morgan fingerprint density at radius 1 is 1.24 bits per heavy atom. The van der Waals surface area contributed by atoms with Crippen LogP contribution in [0.1, 0.15) is 16.7 Å². The smallest absolute Gasteiger partial charge is 0.238 e. The highest BCUT2D eigenvalue weighted by Crippen LogP contribution is 2.38. The number of carbonyl (C=O) groups excluding carboxylic acids is 1. The normalized spacial score (nSPS) is 16.6. The van der Waals surface area contributed by atoms with E-state index >= 15 is 0 Å². The van der Waals surface area contributed by atoms with E-state index in [-0.39, 0.29) is 17.0 Å². The Kier molecular flexibility index (Phi) is 3.72. The minimum atomic E-state index is -0.300. The molecule has 108 valence electrons. The molecule has 0 saturated carbocycles. The predicted octanol–water partition coefficient (Wildman–Crippen LogP) is 4.10. The van der Waals surface area contributed by atoms with Crippen LogP contribution in [0.3, 0.4) is 0 Å². The molecule has 2 aromatic carbocycles. The van der Waals surface area contributed by atoms with Crippen molar-refractivity contribution in [2.45, 2.75) is 30.4 Å². The number of anilines is 1. The summed E-state index contributed by atoms with van der Waals surface area (Å²) < 4.78 is 13.5. The third kappa shape index (κ3) is 2.95. The molecule has 0 aromatic heterocycles. The number of aryl methyl sites for hydroxylation is 2. The molecule has 0 aliphatic carbocycles. The van der Waals surface area contributed by atoms with Gasteiger partial charge in [-0.1, -0.05) is 23.8 Å². The molecule has 1 unspecified atom stereocenters. The molecule has 0 spiro atoms. The number of thioether (sulfide) groups is 1. The van der Waals surface area contributed by atoms with Gasteiger partial charge in [-0.3, -0.25) is 4.79 Å². The molecule has 4 heteroatoms. The average molecular weight is 301 g/mol. The maximum Gasteiger partial charge on any atom is 0.238 e. The Labute approximate surface area is 127 Å². The van der Waals surface area contributed by atoms with Crippen molar-refractivity contribution in [1.29, 1.82) is 0 Å². The van der Waals surface area contributed by atoms with Gasteiger partial charge < -0.3 is 5.32 Å². The molecule has 1 heterocycles. The zero-order chi connectivity index (χ0) is 15.0. The first-order valence-corrected chi connectivity index (χ1v) is 7.74. The number of carbonyl (C=O) groups is 1. The second-order valence-corrected chi connectivity index (χ2v) is 6.62. The Balaban J connectivity index is 1.71. The van der Waals surface area contributed by atoms with Crippen LogP contribution in [0.2, 0.25) is 0 Å². The molecule has 0 bridgehead atoms. The van der Waals surface area contributed by atoms with Crippen LogP contribution in [0.5, 0.6) is 0 Å². The van der Waals surface area contributed by atoms with Gasteiger partial charge in [0.1, 0.15) is 5.82 Å². The number of halogens is 1. The van der Waals surface area contributed by atoms with Crippen LogP contribution in [-0.2, 0) is 11.2 Å². The van der Waals surface area contributed by atoms with Crippen LogP contribution < -0.4 is 5.32 Å². The summed E-state index contributed by atoms with van der Waals surface area (Å²) in [6, 6.07) is 11.0. The van der Waals surface area contributed by atoms with Crippen molar-refractivity contribution in [3.8, 4) is 0 Å². The second kappa shape index (κ2) is 5.53. The summed E-state index contributed by atoms with van der Waals surface area (Å²) in [5.41, 5.74) is 3.49. The highest BCUT2D eigenvalue weighted by molar-refractivity contribution is 8.01. The lowest BCUT2D eigenvalue weighted by Crippen LogP contribution is -2.24. The fourth-order valence-electron chi connectivity index (χ4n) is 2.37. The van der Waals surface area contributed by atoms with Crippen LogP contribution >= 0.6 is 11.8 Å². The summed E-state index contributed by atoms with van der Waals surface area (Å²) in [6.07, 6.45) is 0.723. The molecule has 21 heavy (non-hydrogen) atoms. The lowest BCUT2D eigenvalue weighted by Gasteiger charge is -2.10. The van der Waals surface area contributed by atoms with Crippen LogP contribution in [0, 0.1) is 19.7 Å². The van der Waals surface area contributed by atoms with Crippen molar-refractivity contribution < 1.29 is 9.18 Å². The van der Waals surface area contributed by atoms with Crippen molar-refractivity contribution in [3.63, 3.8) is 0 Å². The SMILES string of the molecule is Cc1ccc2c(c1)SC(C(=O)Nc1ccc(C)c(F)c1)C2. The van der Waals surface area contributed by atoms with E-state index in [0.717, 1.165) is 6.42 Å². The molecule has 1 amide bonds. The molecule has 0 fully saturated rings. The third-order valence-electron chi connectivity index (χ3n) is 3.63. The summed E-state index contributed by atoms with van der Waals surface area (Å²) in [5.74, 6) is -0.372. The predicted molar refractivity (Wildman–Crippen MR) is 84.3 cm³/mol. The second-order valence-electron chi connectivity index (χ2n) is 5.38. The molecule has 1 aliphatic heterocycles. The number of benzene rings is 2. The summed E-state index contributed by atoms with van der Waals surface area (Å²) in [6.45, 7) is 3.75. The number of fused-ring (bicyclic) bond motifs is 1. The van der Waals surface area contributed by atoms with E-state index in [1.165, 1.54) is 22.1 Å². The summed E-state index contributed by atoms with van der Waals surface area (Å²) in [7, 11) is 0. The van der Waals surface area contributed by atoms with Gasteiger partial charge in [0.2, 0.25) is 5.91 Å². The van der Waals surface area contributed by atoms with Gasteiger partial charge >= 0.3 is 0 Å². The minimum Gasteiger partial charge on any atom is -0.325 e. The van der Waals surface area contributed by atoms with Gasteiger partial charge in [-0.2, -0.15) is 0 Å². The van der Waals surface area contributed by atoms with Gasteiger partial charge in [-0.05, 0) is 49.6 Å². The minimum absolute atomic E-state index is 0.0721. The average Bonchev–Trinajstić information content (AvgIpc) is 2.86. The van der Waals surface area contributed by atoms with E-state index < -0.39 is 0 Å². The maximum absolute atomic E-state index is 13.5. The van der Waals surface area contributed by atoms with Crippen molar-refractivity contribution >= 4 is 23.4 Å². The first-order valence-electron chi connectivity index (χ1n) is 6.86. The van der Waals surface area contributed by atoms with E-state index in [1.54, 1.807) is 30.8 Å². The zero-order valence-electron chi connectivity index (χ0n) is 11.9. The molecular weight excluding hydrogens is 285 g/mol. The molecule has 1 aliphatic rings. The number of hydrogen-bond donors (Lipinski definition) is 1. The monoisotopic (exact) mass is 301 g/mol. The van der Waals surface area contributed by atoms with Crippen molar-refractivity contribution in [1.82, 2.24) is 0 Å². The van der Waals surface area contributed by atoms with Gasteiger partial charge in [0.25, 0.3) is 0 Å². The molecular formula is C17H16FNOS.